The van der Waals surface area contributed by atoms with E-state index in [2.05, 4.69) is 5.32 Å². The van der Waals surface area contributed by atoms with Crippen LogP contribution in [0, 0.1) is 17.3 Å². The Morgan fingerprint density at radius 2 is 1.53 bits per heavy atom. The van der Waals surface area contributed by atoms with Crippen LogP contribution in [0.4, 0.5) is 0 Å². The molecule has 3 aliphatic rings. The Kier molecular flexibility index (Phi) is 2.76. The van der Waals surface area contributed by atoms with Crippen LogP contribution in [0.25, 0.3) is 0 Å². The van der Waals surface area contributed by atoms with Crippen molar-refractivity contribution in [3.8, 4) is 0 Å². The maximum atomic E-state index is 3.53. The van der Waals surface area contributed by atoms with E-state index >= 15 is 0 Å². The van der Waals surface area contributed by atoms with Gasteiger partial charge in [0.1, 0.15) is 0 Å². The fourth-order valence-corrected chi connectivity index (χ4v) is 4.49. The second-order valence-electron chi connectivity index (χ2n) is 6.30. The summed E-state index contributed by atoms with van der Waals surface area (Å²) in [5.74, 6) is 2.24. The van der Waals surface area contributed by atoms with E-state index in [-0.39, 0.29) is 0 Å². The molecule has 15 heavy (non-hydrogen) atoms. The molecule has 1 aliphatic heterocycles. The number of fused-ring (bicyclic) bond motifs is 1. The highest BCUT2D eigenvalue weighted by atomic mass is 14.9. The third-order valence-corrected chi connectivity index (χ3v) is 5.47. The minimum atomic E-state index is 0.782. The summed E-state index contributed by atoms with van der Waals surface area (Å²) in [4.78, 5) is 0. The van der Waals surface area contributed by atoms with E-state index in [1.165, 1.54) is 38.8 Å². The third-order valence-electron chi connectivity index (χ3n) is 5.47. The Hall–Kier alpha value is -0.0400. The number of hydrogen-bond donors (Lipinski definition) is 1. The van der Waals surface area contributed by atoms with Gasteiger partial charge >= 0.3 is 0 Å². The minimum Gasteiger partial charge on any atom is -0.317 e. The van der Waals surface area contributed by atoms with Crippen LogP contribution < -0.4 is 5.32 Å². The SMILES string of the molecule is C1CC[C@@H]2CC3(CCNCC3)CC[C@@H]2C1. The van der Waals surface area contributed by atoms with Crippen molar-refractivity contribution in [3.63, 3.8) is 0 Å². The van der Waals surface area contributed by atoms with Gasteiger partial charge in [0, 0.05) is 0 Å². The second-order valence-corrected chi connectivity index (χ2v) is 6.30. The molecule has 0 aromatic rings. The number of rotatable bonds is 0. The lowest BCUT2D eigenvalue weighted by Crippen LogP contribution is -2.42. The van der Waals surface area contributed by atoms with Gasteiger partial charge in [0.05, 0.1) is 0 Å². The summed E-state index contributed by atoms with van der Waals surface area (Å²) in [7, 11) is 0. The molecule has 0 unspecified atom stereocenters. The molecule has 1 spiro atoms. The molecule has 3 rings (SSSR count). The third kappa shape index (κ3) is 1.95. The first-order chi connectivity index (χ1) is 7.38. The zero-order valence-corrected chi connectivity index (χ0v) is 9.93. The molecule has 0 bridgehead atoms. The largest absolute Gasteiger partial charge is 0.317 e. The fraction of sp³-hybridized carbons (Fsp3) is 1.00. The van der Waals surface area contributed by atoms with Gasteiger partial charge in [0.2, 0.25) is 0 Å². The van der Waals surface area contributed by atoms with E-state index in [9.17, 15) is 0 Å². The molecule has 0 aromatic heterocycles. The maximum absolute atomic E-state index is 3.53. The molecular formula is C14H25N. The smallest absolute Gasteiger partial charge is 0.00436 e. The molecule has 3 fully saturated rings. The van der Waals surface area contributed by atoms with Gasteiger partial charge in [-0.1, -0.05) is 25.7 Å². The summed E-state index contributed by atoms with van der Waals surface area (Å²) < 4.78 is 0. The molecule has 1 N–H and O–H groups in total. The molecule has 2 saturated carbocycles. The molecule has 2 atom stereocenters. The molecule has 0 radical (unpaired) electrons. The Morgan fingerprint density at radius 1 is 0.800 bits per heavy atom. The molecule has 0 aromatic carbocycles. The fourth-order valence-electron chi connectivity index (χ4n) is 4.49. The average molecular weight is 207 g/mol. The topological polar surface area (TPSA) is 12.0 Å². The lowest BCUT2D eigenvalue weighted by atomic mass is 9.58. The Labute approximate surface area is 94.0 Å². The summed E-state index contributed by atoms with van der Waals surface area (Å²) in [6, 6.07) is 0. The molecule has 86 valence electrons. The molecule has 1 heteroatoms. The summed E-state index contributed by atoms with van der Waals surface area (Å²) >= 11 is 0. The summed E-state index contributed by atoms with van der Waals surface area (Å²) in [6.07, 6.45) is 13.8. The first-order valence-electron chi connectivity index (χ1n) is 7.09. The Morgan fingerprint density at radius 3 is 2.33 bits per heavy atom. The van der Waals surface area contributed by atoms with E-state index in [4.69, 9.17) is 0 Å². The van der Waals surface area contributed by atoms with Gasteiger partial charge in [-0.05, 0) is 62.4 Å². The average Bonchev–Trinajstić information content (AvgIpc) is 2.30. The van der Waals surface area contributed by atoms with Crippen LogP contribution in [-0.4, -0.2) is 13.1 Å². The van der Waals surface area contributed by atoms with Crippen molar-refractivity contribution in [2.45, 2.75) is 57.8 Å². The highest BCUT2D eigenvalue weighted by Gasteiger charge is 2.41. The van der Waals surface area contributed by atoms with Gasteiger partial charge in [-0.15, -0.1) is 0 Å². The summed E-state index contributed by atoms with van der Waals surface area (Å²) in [6.45, 7) is 2.58. The van der Waals surface area contributed by atoms with Gasteiger partial charge in [0.15, 0.2) is 0 Å². The molecule has 0 amide bonds. The van der Waals surface area contributed by atoms with E-state index < -0.39 is 0 Å². The van der Waals surface area contributed by atoms with E-state index in [1.807, 2.05) is 0 Å². The predicted molar refractivity (Wildman–Crippen MR) is 63.8 cm³/mol. The van der Waals surface area contributed by atoms with Gasteiger partial charge in [-0.3, -0.25) is 0 Å². The van der Waals surface area contributed by atoms with E-state index in [1.54, 1.807) is 32.1 Å². The second kappa shape index (κ2) is 4.08. The normalized spacial score (nSPS) is 40.0. The number of nitrogens with one attached hydrogen (secondary N) is 1. The van der Waals surface area contributed by atoms with Crippen molar-refractivity contribution < 1.29 is 0 Å². The van der Waals surface area contributed by atoms with Crippen LogP contribution in [0.1, 0.15) is 57.8 Å². The molecule has 1 nitrogen and oxygen atoms in total. The summed E-state index contributed by atoms with van der Waals surface area (Å²) in [5, 5.41) is 3.53. The molecule has 1 heterocycles. The molecule has 2 aliphatic carbocycles. The Balaban J connectivity index is 1.68. The minimum absolute atomic E-state index is 0.782. The van der Waals surface area contributed by atoms with Crippen molar-refractivity contribution in [2.75, 3.05) is 13.1 Å². The maximum Gasteiger partial charge on any atom is -0.00436 e. The zero-order valence-electron chi connectivity index (χ0n) is 9.93. The van der Waals surface area contributed by atoms with Crippen LogP contribution in [0.2, 0.25) is 0 Å². The van der Waals surface area contributed by atoms with Crippen molar-refractivity contribution in [2.24, 2.45) is 17.3 Å². The zero-order chi connectivity index (χ0) is 10.1. The first kappa shape index (κ1) is 10.1. The molecule has 1 saturated heterocycles. The first-order valence-corrected chi connectivity index (χ1v) is 7.09. The van der Waals surface area contributed by atoms with Gasteiger partial charge in [-0.2, -0.15) is 0 Å². The van der Waals surface area contributed by atoms with Crippen molar-refractivity contribution >= 4 is 0 Å². The predicted octanol–water partition coefficient (Wildman–Crippen LogP) is 3.35. The van der Waals surface area contributed by atoms with Crippen LogP contribution in [0.5, 0.6) is 0 Å². The summed E-state index contributed by atoms with van der Waals surface area (Å²) in [5.41, 5.74) is 0.782. The van der Waals surface area contributed by atoms with Crippen LogP contribution in [-0.2, 0) is 0 Å². The van der Waals surface area contributed by atoms with Crippen molar-refractivity contribution in [1.82, 2.24) is 5.32 Å². The highest BCUT2D eigenvalue weighted by Crippen LogP contribution is 2.51. The van der Waals surface area contributed by atoms with E-state index in [0.717, 1.165) is 17.3 Å². The van der Waals surface area contributed by atoms with Crippen molar-refractivity contribution in [3.05, 3.63) is 0 Å². The standard InChI is InChI=1S/C14H25N/c1-2-4-13-11-14(6-5-12(13)3-1)7-9-15-10-8-14/h12-13,15H,1-11H2/t12-,13+/m0/s1. The van der Waals surface area contributed by atoms with Crippen molar-refractivity contribution in [1.29, 1.82) is 0 Å². The van der Waals surface area contributed by atoms with Gasteiger partial charge in [-0.25, -0.2) is 0 Å². The number of piperidine rings is 1. The van der Waals surface area contributed by atoms with E-state index in [0.29, 0.717) is 0 Å². The van der Waals surface area contributed by atoms with Crippen LogP contribution in [0.3, 0.4) is 0 Å². The lowest BCUT2D eigenvalue weighted by Gasteiger charge is -2.48. The highest BCUT2D eigenvalue weighted by molar-refractivity contribution is 4.93. The number of hydrogen-bond acceptors (Lipinski definition) is 1. The molecular weight excluding hydrogens is 182 g/mol. The van der Waals surface area contributed by atoms with Crippen LogP contribution >= 0.6 is 0 Å². The quantitative estimate of drug-likeness (QED) is 0.642. The van der Waals surface area contributed by atoms with Gasteiger partial charge < -0.3 is 5.32 Å². The monoisotopic (exact) mass is 207 g/mol. The van der Waals surface area contributed by atoms with Crippen LogP contribution in [0.15, 0.2) is 0 Å². The Bertz CT molecular complexity index is 217. The lowest BCUT2D eigenvalue weighted by molar-refractivity contribution is 0.0354. The van der Waals surface area contributed by atoms with Gasteiger partial charge in [0.25, 0.3) is 0 Å².